The molecule has 0 bridgehead atoms. The molecule has 0 aromatic heterocycles. The van der Waals surface area contributed by atoms with Crippen molar-refractivity contribution in [3.8, 4) is 0 Å². The molecule has 0 amide bonds. The minimum atomic E-state index is 0.461. The van der Waals surface area contributed by atoms with E-state index in [1.807, 2.05) is 19.1 Å². The predicted molar refractivity (Wildman–Crippen MR) is 87.9 cm³/mol. The second-order valence-electron chi connectivity index (χ2n) is 5.25. The molecule has 1 aromatic rings. The van der Waals surface area contributed by atoms with E-state index in [4.69, 9.17) is 18.0 Å². The first-order valence-corrected chi connectivity index (χ1v) is 7.17. The lowest BCUT2D eigenvalue weighted by molar-refractivity contribution is 0.273. The lowest BCUT2D eigenvalue weighted by Crippen LogP contribution is -2.28. The highest BCUT2D eigenvalue weighted by atomic mass is 32.1. The molecule has 0 atom stereocenters. The Hall–Kier alpha value is -1.13. The molecule has 4 heteroatoms. The van der Waals surface area contributed by atoms with Gasteiger partial charge in [0.1, 0.15) is 4.99 Å². The summed E-state index contributed by atoms with van der Waals surface area (Å²) < 4.78 is 0. The average molecular weight is 279 g/mol. The van der Waals surface area contributed by atoms with Gasteiger partial charge >= 0.3 is 0 Å². The van der Waals surface area contributed by atoms with Crippen LogP contribution in [0.4, 0.5) is 5.69 Å². The zero-order valence-corrected chi connectivity index (χ0v) is 13.2. The largest absolute Gasteiger partial charge is 0.389 e. The van der Waals surface area contributed by atoms with Crippen LogP contribution in [0.3, 0.4) is 0 Å². The van der Waals surface area contributed by atoms with E-state index in [0.717, 1.165) is 36.3 Å². The number of hydrogen-bond donors (Lipinski definition) is 2. The lowest BCUT2D eigenvalue weighted by Gasteiger charge is -2.21. The Morgan fingerprint density at radius 1 is 1.42 bits per heavy atom. The van der Waals surface area contributed by atoms with Gasteiger partial charge in [0.05, 0.1) is 0 Å². The quantitative estimate of drug-likeness (QED) is 0.595. The molecule has 0 fully saturated rings. The maximum Gasteiger partial charge on any atom is 0.104 e. The first-order chi connectivity index (χ1) is 8.91. The van der Waals surface area contributed by atoms with Crippen LogP contribution in [0.15, 0.2) is 18.2 Å². The molecule has 0 aliphatic carbocycles. The summed E-state index contributed by atoms with van der Waals surface area (Å²) in [6.45, 7) is 8.54. The highest BCUT2D eigenvalue weighted by molar-refractivity contribution is 7.80. The van der Waals surface area contributed by atoms with Gasteiger partial charge in [0, 0.05) is 23.8 Å². The number of benzene rings is 1. The Morgan fingerprint density at radius 3 is 2.63 bits per heavy atom. The number of nitrogens with zero attached hydrogens (tertiary/aromatic N) is 1. The average Bonchev–Trinajstić information content (AvgIpc) is 2.33. The van der Waals surface area contributed by atoms with Gasteiger partial charge in [-0.05, 0) is 64.5 Å². The molecule has 0 unspecified atom stereocenters. The summed E-state index contributed by atoms with van der Waals surface area (Å²) in [6, 6.07) is 6.72. The summed E-state index contributed by atoms with van der Waals surface area (Å²) in [5.74, 6) is 0. The third-order valence-corrected chi connectivity index (χ3v) is 3.61. The van der Waals surface area contributed by atoms with Crippen LogP contribution in [0, 0.1) is 6.92 Å². The van der Waals surface area contributed by atoms with Crippen molar-refractivity contribution in [2.45, 2.75) is 33.2 Å². The molecule has 0 aliphatic heterocycles. The van der Waals surface area contributed by atoms with Crippen LogP contribution in [0.2, 0.25) is 0 Å². The van der Waals surface area contributed by atoms with Gasteiger partial charge in [-0.1, -0.05) is 12.2 Å². The van der Waals surface area contributed by atoms with Crippen LogP contribution in [0.1, 0.15) is 31.4 Å². The van der Waals surface area contributed by atoms with Crippen molar-refractivity contribution in [2.75, 3.05) is 25.5 Å². The highest BCUT2D eigenvalue weighted by Crippen LogP contribution is 2.15. The Bertz CT molecular complexity index is 429. The van der Waals surface area contributed by atoms with Gasteiger partial charge in [-0.25, -0.2) is 0 Å². The SMILES string of the molecule is Cc1cc(NCCCN(C)C(C)C)ccc1C(N)=S. The Morgan fingerprint density at radius 2 is 2.11 bits per heavy atom. The van der Waals surface area contributed by atoms with E-state index in [9.17, 15) is 0 Å². The van der Waals surface area contributed by atoms with Gasteiger partial charge in [0.25, 0.3) is 0 Å². The maximum atomic E-state index is 5.65. The van der Waals surface area contributed by atoms with E-state index in [1.165, 1.54) is 0 Å². The number of anilines is 1. The molecule has 1 aromatic carbocycles. The van der Waals surface area contributed by atoms with Crippen LogP contribution >= 0.6 is 12.2 Å². The summed E-state index contributed by atoms with van der Waals surface area (Å²) in [5.41, 5.74) is 8.86. The van der Waals surface area contributed by atoms with E-state index in [2.05, 4.69) is 37.2 Å². The molecule has 3 N–H and O–H groups in total. The molecular formula is C15H25N3S. The Kier molecular flexibility index (Phi) is 6.25. The number of nitrogens with one attached hydrogen (secondary N) is 1. The summed E-state index contributed by atoms with van der Waals surface area (Å²) in [7, 11) is 2.16. The molecule has 106 valence electrons. The van der Waals surface area contributed by atoms with Gasteiger partial charge in [0.15, 0.2) is 0 Å². The zero-order chi connectivity index (χ0) is 14.4. The van der Waals surface area contributed by atoms with Gasteiger partial charge < -0.3 is 16.0 Å². The van der Waals surface area contributed by atoms with Crippen molar-refractivity contribution in [1.29, 1.82) is 0 Å². The van der Waals surface area contributed by atoms with E-state index >= 15 is 0 Å². The van der Waals surface area contributed by atoms with Crippen molar-refractivity contribution >= 4 is 22.9 Å². The van der Waals surface area contributed by atoms with Gasteiger partial charge in [-0.2, -0.15) is 0 Å². The normalized spacial score (nSPS) is 11.1. The van der Waals surface area contributed by atoms with Crippen LogP contribution in [-0.4, -0.2) is 36.1 Å². The lowest BCUT2D eigenvalue weighted by atomic mass is 10.1. The van der Waals surface area contributed by atoms with E-state index in [-0.39, 0.29) is 0 Å². The zero-order valence-electron chi connectivity index (χ0n) is 12.4. The summed E-state index contributed by atoms with van der Waals surface area (Å²) in [5, 5.41) is 3.44. The predicted octanol–water partition coefficient (Wildman–Crippen LogP) is 2.77. The molecular weight excluding hydrogens is 254 g/mol. The number of thiocarbonyl (C=S) groups is 1. The molecule has 0 saturated carbocycles. The van der Waals surface area contributed by atoms with E-state index in [1.54, 1.807) is 0 Å². The number of nitrogens with two attached hydrogens (primary N) is 1. The fourth-order valence-electron chi connectivity index (χ4n) is 1.87. The number of aryl methyl sites for hydroxylation is 1. The molecule has 19 heavy (non-hydrogen) atoms. The molecule has 1 rings (SSSR count). The molecule has 0 aliphatic rings. The monoisotopic (exact) mass is 279 g/mol. The fraction of sp³-hybridized carbons (Fsp3) is 0.533. The molecule has 0 heterocycles. The standard InChI is InChI=1S/C15H25N3S/c1-11(2)18(4)9-5-8-17-13-6-7-14(15(16)19)12(3)10-13/h6-7,10-11,17H,5,8-9H2,1-4H3,(H2,16,19). The van der Waals surface area contributed by atoms with Crippen molar-refractivity contribution in [3.63, 3.8) is 0 Å². The first kappa shape index (κ1) is 15.9. The highest BCUT2D eigenvalue weighted by Gasteiger charge is 2.04. The van der Waals surface area contributed by atoms with Crippen LogP contribution in [-0.2, 0) is 0 Å². The van der Waals surface area contributed by atoms with Crippen molar-refractivity contribution in [3.05, 3.63) is 29.3 Å². The summed E-state index contributed by atoms with van der Waals surface area (Å²) in [6.07, 6.45) is 1.13. The van der Waals surface area contributed by atoms with Crippen LogP contribution in [0.5, 0.6) is 0 Å². The Balaban J connectivity index is 2.42. The van der Waals surface area contributed by atoms with Gasteiger partial charge in [0.2, 0.25) is 0 Å². The smallest absolute Gasteiger partial charge is 0.104 e. The van der Waals surface area contributed by atoms with Crippen molar-refractivity contribution in [1.82, 2.24) is 4.90 Å². The van der Waals surface area contributed by atoms with Gasteiger partial charge in [-0.3, -0.25) is 0 Å². The van der Waals surface area contributed by atoms with Crippen LogP contribution < -0.4 is 11.1 Å². The van der Waals surface area contributed by atoms with E-state index in [0.29, 0.717) is 11.0 Å². The molecule has 0 radical (unpaired) electrons. The molecule has 0 spiro atoms. The number of hydrogen-bond acceptors (Lipinski definition) is 3. The minimum absolute atomic E-state index is 0.461. The molecule has 3 nitrogen and oxygen atoms in total. The van der Waals surface area contributed by atoms with E-state index < -0.39 is 0 Å². The van der Waals surface area contributed by atoms with Crippen molar-refractivity contribution < 1.29 is 0 Å². The Labute approximate surface area is 122 Å². The van der Waals surface area contributed by atoms with Crippen molar-refractivity contribution in [2.24, 2.45) is 5.73 Å². The second-order valence-corrected chi connectivity index (χ2v) is 5.69. The second kappa shape index (κ2) is 7.46. The third kappa shape index (κ3) is 5.17. The fourth-order valence-corrected chi connectivity index (χ4v) is 2.10. The topological polar surface area (TPSA) is 41.3 Å². The van der Waals surface area contributed by atoms with Gasteiger partial charge in [-0.15, -0.1) is 0 Å². The third-order valence-electron chi connectivity index (χ3n) is 3.39. The minimum Gasteiger partial charge on any atom is -0.389 e. The number of rotatable bonds is 7. The maximum absolute atomic E-state index is 5.65. The summed E-state index contributed by atoms with van der Waals surface area (Å²) in [4.78, 5) is 2.81. The van der Waals surface area contributed by atoms with Crippen LogP contribution in [0.25, 0.3) is 0 Å². The molecule has 0 saturated heterocycles. The summed E-state index contributed by atoms with van der Waals surface area (Å²) >= 11 is 5.00. The first-order valence-electron chi connectivity index (χ1n) is 6.76.